The summed E-state index contributed by atoms with van der Waals surface area (Å²) in [5.41, 5.74) is -2.91. The molecule has 1 aliphatic rings. The molecule has 0 spiro atoms. The molecule has 0 aromatic carbocycles. The molecule has 1 N–H and O–H groups in total. The van der Waals surface area contributed by atoms with Gasteiger partial charge in [-0.1, -0.05) is 11.6 Å². The first-order valence-corrected chi connectivity index (χ1v) is 7.34. The van der Waals surface area contributed by atoms with Gasteiger partial charge in [0.1, 0.15) is 5.71 Å². The van der Waals surface area contributed by atoms with Gasteiger partial charge in [-0.15, -0.1) is 0 Å². The molecule has 2 heterocycles. The zero-order valence-corrected chi connectivity index (χ0v) is 13.6. The van der Waals surface area contributed by atoms with Gasteiger partial charge in [0.2, 0.25) is 11.6 Å². The lowest BCUT2D eigenvalue weighted by Gasteiger charge is -2.30. The van der Waals surface area contributed by atoms with Crippen molar-refractivity contribution >= 4 is 23.2 Å². The van der Waals surface area contributed by atoms with Crippen LogP contribution in [0.4, 0.5) is 17.6 Å². The van der Waals surface area contributed by atoms with Crippen LogP contribution in [-0.2, 0) is 11.3 Å². The molecule has 6 nitrogen and oxygen atoms in total. The minimum absolute atomic E-state index is 0.0203. The van der Waals surface area contributed by atoms with E-state index in [9.17, 15) is 27.5 Å². The fourth-order valence-corrected chi connectivity index (χ4v) is 2.49. The Morgan fingerprint density at radius 1 is 1.38 bits per heavy atom. The molecule has 24 heavy (non-hydrogen) atoms. The van der Waals surface area contributed by atoms with E-state index in [1.54, 1.807) is 13.8 Å². The molecule has 0 bridgehead atoms. The molecule has 0 radical (unpaired) electrons. The number of halogens is 5. The predicted octanol–water partition coefficient (Wildman–Crippen LogP) is 2.35. The summed E-state index contributed by atoms with van der Waals surface area (Å²) in [7, 11) is 0. The van der Waals surface area contributed by atoms with E-state index < -0.39 is 36.6 Å². The number of carbonyl (C=O) groups excluding carboxylic acids is 1. The first-order valence-electron chi connectivity index (χ1n) is 6.96. The molecule has 0 fully saturated rings. The van der Waals surface area contributed by atoms with Gasteiger partial charge < -0.3 is 5.11 Å². The molecule has 1 aromatic rings. The second-order valence-electron chi connectivity index (χ2n) is 5.41. The first kappa shape index (κ1) is 18.7. The standard InChI is InChI=1S/C13H15ClF4N4O2/c1-6-10(14)7(2)21(19-6)4-3-9(23)22-13(24,12(17)18)5-8(20-22)11(15)16/h11-12,24H,3-5H2,1-2H3/t13-/m1/s1. The minimum atomic E-state index is -3.44. The molecule has 134 valence electrons. The Labute approximate surface area is 139 Å². The largest absolute Gasteiger partial charge is 0.364 e. The van der Waals surface area contributed by atoms with E-state index in [0.29, 0.717) is 16.4 Å². The zero-order chi connectivity index (χ0) is 18.2. The van der Waals surface area contributed by atoms with Crippen molar-refractivity contribution in [2.45, 2.75) is 51.8 Å². The summed E-state index contributed by atoms with van der Waals surface area (Å²) in [5.74, 6) is -1.02. The van der Waals surface area contributed by atoms with E-state index in [2.05, 4.69) is 10.2 Å². The predicted molar refractivity (Wildman–Crippen MR) is 77.2 cm³/mol. The van der Waals surface area contributed by atoms with Crippen molar-refractivity contribution in [2.75, 3.05) is 0 Å². The maximum atomic E-state index is 13.1. The Kier molecular flexibility index (Phi) is 5.19. The Morgan fingerprint density at radius 3 is 2.46 bits per heavy atom. The van der Waals surface area contributed by atoms with Crippen LogP contribution in [0.1, 0.15) is 24.2 Å². The number of carbonyl (C=O) groups is 1. The lowest BCUT2D eigenvalue weighted by atomic mass is 10.1. The lowest BCUT2D eigenvalue weighted by molar-refractivity contribution is -0.192. The maximum Gasteiger partial charge on any atom is 0.287 e. The van der Waals surface area contributed by atoms with Crippen LogP contribution in [0.5, 0.6) is 0 Å². The highest BCUT2D eigenvalue weighted by molar-refractivity contribution is 6.31. The summed E-state index contributed by atoms with van der Waals surface area (Å²) in [5, 5.41) is 17.6. The van der Waals surface area contributed by atoms with E-state index >= 15 is 0 Å². The fourth-order valence-electron chi connectivity index (χ4n) is 2.35. The second kappa shape index (κ2) is 6.67. The van der Waals surface area contributed by atoms with Gasteiger partial charge in [0.05, 0.1) is 23.0 Å². The van der Waals surface area contributed by atoms with Gasteiger partial charge in [-0.2, -0.15) is 15.2 Å². The third kappa shape index (κ3) is 3.25. The number of alkyl halides is 4. The van der Waals surface area contributed by atoms with E-state index in [-0.39, 0.29) is 18.0 Å². The van der Waals surface area contributed by atoms with Crippen LogP contribution < -0.4 is 0 Å². The molecular weight excluding hydrogens is 356 g/mol. The molecular formula is C13H15ClF4N4O2. The first-order chi connectivity index (χ1) is 11.1. The van der Waals surface area contributed by atoms with Gasteiger partial charge in [0.25, 0.3) is 12.9 Å². The van der Waals surface area contributed by atoms with E-state index in [0.717, 1.165) is 0 Å². The molecule has 0 saturated heterocycles. The molecule has 0 unspecified atom stereocenters. The number of amides is 1. The summed E-state index contributed by atoms with van der Waals surface area (Å²) in [6.07, 6.45) is -8.04. The molecule has 2 rings (SSSR count). The monoisotopic (exact) mass is 370 g/mol. The highest BCUT2D eigenvalue weighted by atomic mass is 35.5. The van der Waals surface area contributed by atoms with Crippen molar-refractivity contribution < 1.29 is 27.5 Å². The lowest BCUT2D eigenvalue weighted by Crippen LogP contribution is -2.51. The Bertz CT molecular complexity index is 679. The number of rotatable bonds is 5. The molecule has 0 aliphatic carbocycles. The van der Waals surface area contributed by atoms with Crippen LogP contribution in [-0.4, -0.2) is 50.1 Å². The van der Waals surface area contributed by atoms with Gasteiger partial charge in [-0.05, 0) is 13.8 Å². The van der Waals surface area contributed by atoms with Crippen molar-refractivity contribution in [3.05, 3.63) is 16.4 Å². The highest BCUT2D eigenvalue weighted by Gasteiger charge is 2.53. The third-order valence-corrected chi connectivity index (χ3v) is 4.25. The van der Waals surface area contributed by atoms with E-state index in [1.165, 1.54) is 4.68 Å². The van der Waals surface area contributed by atoms with Gasteiger partial charge in [-0.3, -0.25) is 9.48 Å². The Hall–Kier alpha value is -1.68. The SMILES string of the molecule is Cc1nn(CCC(=O)N2N=C(C(F)F)C[C@@]2(O)C(F)F)c(C)c1Cl. The summed E-state index contributed by atoms with van der Waals surface area (Å²) in [4.78, 5) is 12.1. The van der Waals surface area contributed by atoms with Crippen molar-refractivity contribution in [1.82, 2.24) is 14.8 Å². The third-order valence-electron chi connectivity index (χ3n) is 3.70. The van der Waals surface area contributed by atoms with Gasteiger partial charge in [0, 0.05) is 12.8 Å². The number of nitrogens with zero attached hydrogens (tertiary/aromatic N) is 4. The van der Waals surface area contributed by atoms with Gasteiger partial charge >= 0.3 is 0 Å². The quantitative estimate of drug-likeness (QED) is 0.809. The van der Waals surface area contributed by atoms with Crippen LogP contribution in [0.2, 0.25) is 5.02 Å². The van der Waals surface area contributed by atoms with Crippen LogP contribution in [0, 0.1) is 13.8 Å². The van der Waals surface area contributed by atoms with Crippen LogP contribution in [0.25, 0.3) is 0 Å². The average Bonchev–Trinajstić information content (AvgIpc) is 2.99. The smallest absolute Gasteiger partial charge is 0.287 e. The average molecular weight is 371 g/mol. The second-order valence-corrected chi connectivity index (χ2v) is 5.79. The van der Waals surface area contributed by atoms with Gasteiger partial charge in [0.15, 0.2) is 0 Å². The Morgan fingerprint density at radius 2 is 2.00 bits per heavy atom. The fraction of sp³-hybridized carbons (Fsp3) is 0.615. The van der Waals surface area contributed by atoms with Crippen molar-refractivity contribution in [3.63, 3.8) is 0 Å². The summed E-state index contributed by atoms with van der Waals surface area (Å²) in [6.45, 7) is 3.29. The number of hydrogen-bond acceptors (Lipinski definition) is 4. The summed E-state index contributed by atoms with van der Waals surface area (Å²) < 4.78 is 52.9. The minimum Gasteiger partial charge on any atom is -0.364 e. The molecule has 1 aliphatic heterocycles. The van der Waals surface area contributed by atoms with Crippen molar-refractivity contribution in [3.8, 4) is 0 Å². The van der Waals surface area contributed by atoms with E-state index in [4.69, 9.17) is 11.6 Å². The molecule has 1 aromatic heterocycles. The molecule has 1 atom stereocenters. The number of aryl methyl sites for hydroxylation is 2. The van der Waals surface area contributed by atoms with Crippen molar-refractivity contribution in [1.29, 1.82) is 0 Å². The summed E-state index contributed by atoms with van der Waals surface area (Å²) >= 11 is 5.96. The summed E-state index contributed by atoms with van der Waals surface area (Å²) in [6, 6.07) is 0. The number of aliphatic hydroxyl groups is 1. The normalized spacial score (nSPS) is 21.1. The van der Waals surface area contributed by atoms with Gasteiger partial charge in [-0.25, -0.2) is 17.6 Å². The number of aromatic nitrogens is 2. The molecule has 11 heteroatoms. The van der Waals surface area contributed by atoms with Crippen LogP contribution in [0.15, 0.2) is 5.10 Å². The molecule has 0 saturated carbocycles. The Balaban J connectivity index is 2.15. The zero-order valence-electron chi connectivity index (χ0n) is 12.8. The number of hydrazone groups is 1. The van der Waals surface area contributed by atoms with Crippen molar-refractivity contribution in [2.24, 2.45) is 5.10 Å². The topological polar surface area (TPSA) is 70.7 Å². The maximum absolute atomic E-state index is 13.1. The van der Waals surface area contributed by atoms with Crippen LogP contribution in [0.3, 0.4) is 0 Å². The molecule has 1 amide bonds. The number of hydrogen-bond donors (Lipinski definition) is 1. The van der Waals surface area contributed by atoms with E-state index in [1.807, 2.05) is 0 Å². The highest BCUT2D eigenvalue weighted by Crippen LogP contribution is 2.33. The van der Waals surface area contributed by atoms with Crippen LogP contribution >= 0.6 is 11.6 Å².